The summed E-state index contributed by atoms with van der Waals surface area (Å²) in [5.41, 5.74) is 0. The molecule has 0 radical (unpaired) electrons. The SMILES string of the molecule is O=C(COC(=O)CCCSc1ccc(Cl)cc1)NC(=O)NC1CCCC1. The summed E-state index contributed by atoms with van der Waals surface area (Å²) in [4.78, 5) is 36.0. The quantitative estimate of drug-likeness (QED) is 0.397. The summed E-state index contributed by atoms with van der Waals surface area (Å²) in [6.07, 6.45) is 4.91. The zero-order valence-electron chi connectivity index (χ0n) is 14.5. The Kier molecular flexibility index (Phi) is 8.77. The molecule has 0 bridgehead atoms. The Morgan fingerprint density at radius 1 is 1.15 bits per heavy atom. The number of imide groups is 1. The molecule has 8 heteroatoms. The number of carbonyl (C=O) groups excluding carboxylic acids is 3. The van der Waals surface area contributed by atoms with E-state index in [0.29, 0.717) is 11.4 Å². The Morgan fingerprint density at radius 2 is 1.85 bits per heavy atom. The summed E-state index contributed by atoms with van der Waals surface area (Å²) < 4.78 is 4.89. The van der Waals surface area contributed by atoms with Crippen LogP contribution in [0.3, 0.4) is 0 Å². The monoisotopic (exact) mass is 398 g/mol. The van der Waals surface area contributed by atoms with E-state index >= 15 is 0 Å². The number of benzene rings is 1. The third-order valence-corrected chi connectivity index (χ3v) is 5.27. The molecule has 1 aromatic carbocycles. The molecule has 0 unspecified atom stereocenters. The van der Waals surface area contributed by atoms with Crippen LogP contribution in [0.25, 0.3) is 0 Å². The van der Waals surface area contributed by atoms with Gasteiger partial charge in [0.15, 0.2) is 6.61 Å². The summed E-state index contributed by atoms with van der Waals surface area (Å²) in [5, 5.41) is 5.60. The lowest BCUT2D eigenvalue weighted by molar-refractivity contribution is -0.148. The van der Waals surface area contributed by atoms with Crippen LogP contribution in [0.1, 0.15) is 38.5 Å². The molecule has 26 heavy (non-hydrogen) atoms. The van der Waals surface area contributed by atoms with E-state index < -0.39 is 24.5 Å². The molecule has 142 valence electrons. The van der Waals surface area contributed by atoms with Gasteiger partial charge in [0, 0.05) is 22.4 Å². The van der Waals surface area contributed by atoms with Crippen LogP contribution in [-0.4, -0.2) is 36.3 Å². The van der Waals surface area contributed by atoms with E-state index in [1.165, 1.54) is 0 Å². The molecular formula is C18H23ClN2O4S. The number of thioether (sulfide) groups is 1. The molecule has 2 rings (SSSR count). The maximum absolute atomic E-state index is 11.6. The number of urea groups is 1. The third kappa shape index (κ3) is 8.10. The second kappa shape index (κ2) is 11.1. The van der Waals surface area contributed by atoms with E-state index in [1.807, 2.05) is 24.3 Å². The minimum absolute atomic E-state index is 0.128. The molecule has 0 atom stereocenters. The summed E-state index contributed by atoms with van der Waals surface area (Å²) in [5.74, 6) is -0.315. The predicted octanol–water partition coefficient (Wildman–Crippen LogP) is 3.52. The summed E-state index contributed by atoms with van der Waals surface area (Å²) in [7, 11) is 0. The fraction of sp³-hybridized carbons (Fsp3) is 0.500. The van der Waals surface area contributed by atoms with Crippen molar-refractivity contribution in [1.82, 2.24) is 10.6 Å². The van der Waals surface area contributed by atoms with Crippen LogP contribution in [0, 0.1) is 0 Å². The second-order valence-electron chi connectivity index (χ2n) is 6.07. The minimum atomic E-state index is -0.621. The molecule has 0 aliphatic heterocycles. The van der Waals surface area contributed by atoms with Crippen molar-refractivity contribution in [1.29, 1.82) is 0 Å². The number of nitrogens with one attached hydrogen (secondary N) is 2. The highest BCUT2D eigenvalue weighted by atomic mass is 35.5. The van der Waals surface area contributed by atoms with Crippen molar-refractivity contribution in [3.05, 3.63) is 29.3 Å². The van der Waals surface area contributed by atoms with Gasteiger partial charge in [-0.15, -0.1) is 11.8 Å². The van der Waals surface area contributed by atoms with Gasteiger partial charge in [-0.1, -0.05) is 24.4 Å². The molecular weight excluding hydrogens is 376 g/mol. The first-order valence-corrected chi connectivity index (χ1v) is 10.0. The lowest BCUT2D eigenvalue weighted by Gasteiger charge is -2.12. The van der Waals surface area contributed by atoms with Crippen molar-refractivity contribution in [2.75, 3.05) is 12.4 Å². The van der Waals surface area contributed by atoms with Gasteiger partial charge in [0.2, 0.25) is 0 Å². The number of esters is 1. The van der Waals surface area contributed by atoms with Crippen LogP contribution < -0.4 is 10.6 Å². The summed E-state index contributed by atoms with van der Waals surface area (Å²) in [6.45, 7) is -0.443. The molecule has 0 spiro atoms. The van der Waals surface area contributed by atoms with Gasteiger partial charge in [-0.05, 0) is 49.3 Å². The van der Waals surface area contributed by atoms with E-state index in [-0.39, 0.29) is 12.5 Å². The maximum Gasteiger partial charge on any atom is 0.321 e. The number of amides is 3. The van der Waals surface area contributed by atoms with Crippen molar-refractivity contribution in [3.63, 3.8) is 0 Å². The van der Waals surface area contributed by atoms with E-state index in [9.17, 15) is 14.4 Å². The lowest BCUT2D eigenvalue weighted by atomic mass is 10.2. The Balaban J connectivity index is 1.52. The number of ether oxygens (including phenoxy) is 1. The van der Waals surface area contributed by atoms with E-state index in [2.05, 4.69) is 10.6 Å². The second-order valence-corrected chi connectivity index (χ2v) is 7.67. The largest absolute Gasteiger partial charge is 0.456 e. The molecule has 6 nitrogen and oxygen atoms in total. The van der Waals surface area contributed by atoms with Gasteiger partial charge in [-0.3, -0.25) is 14.9 Å². The van der Waals surface area contributed by atoms with Crippen LogP contribution >= 0.6 is 23.4 Å². The highest BCUT2D eigenvalue weighted by Gasteiger charge is 2.18. The van der Waals surface area contributed by atoms with Crippen molar-refractivity contribution >= 4 is 41.3 Å². The Hall–Kier alpha value is -1.73. The number of rotatable bonds is 8. The standard InChI is InChI=1S/C18H23ClN2O4S/c19-13-7-9-15(10-8-13)26-11-3-6-17(23)25-12-16(22)21-18(24)20-14-4-1-2-5-14/h7-10,14H,1-6,11-12H2,(H2,20,21,22,24). The molecule has 0 heterocycles. The molecule has 2 N–H and O–H groups in total. The first kappa shape index (κ1) is 20.6. The van der Waals surface area contributed by atoms with Crippen LogP contribution in [0.5, 0.6) is 0 Å². The van der Waals surface area contributed by atoms with Gasteiger partial charge in [0.1, 0.15) is 0 Å². The average molecular weight is 399 g/mol. The van der Waals surface area contributed by atoms with Crippen LogP contribution in [-0.2, 0) is 14.3 Å². The number of hydrogen-bond donors (Lipinski definition) is 2. The van der Waals surface area contributed by atoms with Crippen molar-refractivity contribution in [3.8, 4) is 0 Å². The van der Waals surface area contributed by atoms with Gasteiger partial charge in [-0.2, -0.15) is 0 Å². The average Bonchev–Trinajstić information content (AvgIpc) is 3.11. The van der Waals surface area contributed by atoms with Crippen LogP contribution in [0.2, 0.25) is 5.02 Å². The lowest BCUT2D eigenvalue weighted by Crippen LogP contribution is -2.44. The van der Waals surface area contributed by atoms with E-state index in [0.717, 1.165) is 36.3 Å². The molecule has 1 aliphatic carbocycles. The molecule has 1 aliphatic rings. The molecule has 1 aromatic rings. The van der Waals surface area contributed by atoms with Crippen molar-refractivity contribution in [2.45, 2.75) is 49.5 Å². The van der Waals surface area contributed by atoms with Gasteiger partial charge >= 0.3 is 12.0 Å². The van der Waals surface area contributed by atoms with Gasteiger partial charge in [0.05, 0.1) is 0 Å². The van der Waals surface area contributed by atoms with E-state index in [1.54, 1.807) is 11.8 Å². The summed E-state index contributed by atoms with van der Waals surface area (Å²) in [6, 6.07) is 7.08. The molecule has 0 aromatic heterocycles. The topological polar surface area (TPSA) is 84.5 Å². The maximum atomic E-state index is 11.6. The van der Waals surface area contributed by atoms with Crippen LogP contribution in [0.15, 0.2) is 29.2 Å². The normalized spacial score (nSPS) is 14.0. The molecule has 0 saturated heterocycles. The highest BCUT2D eigenvalue weighted by Crippen LogP contribution is 2.21. The van der Waals surface area contributed by atoms with Gasteiger partial charge < -0.3 is 10.1 Å². The van der Waals surface area contributed by atoms with Crippen molar-refractivity contribution < 1.29 is 19.1 Å². The minimum Gasteiger partial charge on any atom is -0.456 e. The zero-order valence-corrected chi connectivity index (χ0v) is 16.0. The molecule has 1 saturated carbocycles. The third-order valence-electron chi connectivity index (χ3n) is 3.92. The van der Waals surface area contributed by atoms with Crippen LogP contribution in [0.4, 0.5) is 4.79 Å². The highest BCUT2D eigenvalue weighted by molar-refractivity contribution is 7.99. The number of hydrogen-bond acceptors (Lipinski definition) is 5. The Bertz CT molecular complexity index is 618. The van der Waals surface area contributed by atoms with E-state index in [4.69, 9.17) is 16.3 Å². The van der Waals surface area contributed by atoms with Gasteiger partial charge in [-0.25, -0.2) is 4.79 Å². The molecule has 3 amide bonds. The predicted molar refractivity (Wildman–Crippen MR) is 101 cm³/mol. The Labute approximate surface area is 162 Å². The zero-order chi connectivity index (χ0) is 18.8. The number of halogens is 1. The fourth-order valence-corrected chi connectivity index (χ4v) is 3.59. The smallest absolute Gasteiger partial charge is 0.321 e. The first-order valence-electron chi connectivity index (χ1n) is 8.67. The first-order chi connectivity index (χ1) is 12.5. The number of carbonyl (C=O) groups is 3. The Morgan fingerprint density at radius 3 is 2.54 bits per heavy atom. The fourth-order valence-electron chi connectivity index (χ4n) is 2.61. The van der Waals surface area contributed by atoms with Crippen molar-refractivity contribution in [2.24, 2.45) is 0 Å². The summed E-state index contributed by atoms with van der Waals surface area (Å²) >= 11 is 7.44. The van der Waals surface area contributed by atoms with Gasteiger partial charge in [0.25, 0.3) is 5.91 Å². The molecule has 1 fully saturated rings.